The molecule has 8 N–H and O–H groups in total. The van der Waals surface area contributed by atoms with Gasteiger partial charge in [-0.1, -0.05) is 101 Å². The van der Waals surface area contributed by atoms with Crippen LogP contribution in [0.4, 0.5) is 77.9 Å². The molecule has 4 amide bonds. The number of ketones is 1. The molecule has 11 aromatic rings. The average molecular weight is 1540 g/mol. The van der Waals surface area contributed by atoms with E-state index in [4.69, 9.17) is 19.5 Å². The highest BCUT2D eigenvalue weighted by Gasteiger charge is 2.21. The van der Waals surface area contributed by atoms with E-state index in [0.29, 0.717) is 108 Å². The zero-order valence-corrected chi connectivity index (χ0v) is 64.2. The van der Waals surface area contributed by atoms with Crippen molar-refractivity contribution in [1.82, 2.24) is 44.7 Å². The Morgan fingerprint density at radius 3 is 1.68 bits per heavy atom. The number of hydrogen-bond acceptors (Lipinski definition) is 21. The topological polar surface area (TPSA) is 336 Å². The lowest BCUT2D eigenvalue weighted by molar-refractivity contribution is -0.112. The number of carbonyl (C=O) groups excluding carboxylic acids is 5. The van der Waals surface area contributed by atoms with Crippen LogP contribution >= 0.6 is 0 Å². The summed E-state index contributed by atoms with van der Waals surface area (Å²) in [5.41, 5.74) is 12.1. The van der Waals surface area contributed by atoms with E-state index in [1.54, 1.807) is 148 Å². The van der Waals surface area contributed by atoms with Crippen LogP contribution in [0.15, 0.2) is 231 Å². The van der Waals surface area contributed by atoms with Gasteiger partial charge in [-0.25, -0.2) is 23.7 Å². The summed E-state index contributed by atoms with van der Waals surface area (Å²) in [4.78, 5) is 101. The third kappa shape index (κ3) is 24.7. The van der Waals surface area contributed by atoms with Crippen LogP contribution in [0.25, 0.3) is 11.3 Å². The quantitative estimate of drug-likeness (QED) is 0.0142. The summed E-state index contributed by atoms with van der Waals surface area (Å²) < 4.78 is 45.9. The Hall–Kier alpha value is -14.2. The Morgan fingerprint density at radius 1 is 0.623 bits per heavy atom. The van der Waals surface area contributed by atoms with Gasteiger partial charge in [0.15, 0.2) is 34.9 Å². The number of rotatable bonds is 26. The van der Waals surface area contributed by atoms with Crippen LogP contribution in [-0.4, -0.2) is 122 Å². The molecule has 114 heavy (non-hydrogen) atoms. The van der Waals surface area contributed by atoms with Crippen LogP contribution in [0, 0.1) is 29.9 Å². The number of morpholine rings is 1. The summed E-state index contributed by atoms with van der Waals surface area (Å²) >= 11 is 0. The average Bonchev–Trinajstić information content (AvgIpc) is 0.795. The highest BCUT2D eigenvalue weighted by atomic mass is 19.1. The first kappa shape index (κ1) is 83.9. The van der Waals surface area contributed by atoms with Crippen LogP contribution in [0.1, 0.15) is 86.7 Å². The lowest BCUT2D eigenvalue weighted by Gasteiger charge is -2.26. The van der Waals surface area contributed by atoms with Gasteiger partial charge in [-0.3, -0.25) is 33.8 Å². The van der Waals surface area contributed by atoms with Crippen LogP contribution < -0.4 is 52.8 Å². The minimum atomic E-state index is -0.630. The number of amides is 4. The predicted molar refractivity (Wildman–Crippen MR) is 439 cm³/mol. The van der Waals surface area contributed by atoms with Crippen molar-refractivity contribution in [1.29, 1.82) is 5.26 Å². The van der Waals surface area contributed by atoms with Crippen molar-refractivity contribution in [3.8, 4) is 23.1 Å². The van der Waals surface area contributed by atoms with Gasteiger partial charge in [0.25, 0.3) is 17.4 Å². The number of hydrogen-bond donors (Lipinski definition) is 8. The molecule has 5 heterocycles. The summed E-state index contributed by atoms with van der Waals surface area (Å²) in [6.07, 6.45) is 8.68. The fraction of sp³-hybridized carbons (Fsp3) is 0.198. The molecule has 0 radical (unpaired) electrons. The summed E-state index contributed by atoms with van der Waals surface area (Å²) in [5.74, 6) is -0.900. The molecule has 7 aromatic carbocycles. The van der Waals surface area contributed by atoms with Crippen LogP contribution in [0.2, 0.25) is 0 Å². The predicted octanol–water partition coefficient (Wildman–Crippen LogP) is 15.0. The minimum Gasteiger partial charge on any atom is -0.491 e. The first-order chi connectivity index (χ1) is 54.9. The molecule has 0 bridgehead atoms. The second-order valence-corrected chi connectivity index (χ2v) is 26.4. The van der Waals surface area contributed by atoms with Crippen molar-refractivity contribution in [3.05, 3.63) is 293 Å². The Bertz CT molecular complexity index is 5300. The van der Waals surface area contributed by atoms with Gasteiger partial charge in [-0.05, 0) is 168 Å². The number of nitrogens with zero attached hydrogens (tertiary/aromatic N) is 9. The summed E-state index contributed by atoms with van der Waals surface area (Å²) in [7, 11) is 4.86. The van der Waals surface area contributed by atoms with E-state index in [1.807, 2.05) is 79.7 Å². The van der Waals surface area contributed by atoms with E-state index in [2.05, 4.69) is 106 Å². The molecule has 1 saturated heterocycles. The third-order valence-corrected chi connectivity index (χ3v) is 17.1. The van der Waals surface area contributed by atoms with Crippen molar-refractivity contribution < 1.29 is 47.0 Å². The van der Waals surface area contributed by atoms with E-state index in [0.717, 1.165) is 52.0 Å². The molecule has 0 spiro atoms. The van der Waals surface area contributed by atoms with Gasteiger partial charge >= 0.3 is 0 Å². The number of ether oxygens (including phenoxy) is 3. The molecule has 1 aliphatic heterocycles. The number of benzene rings is 7. The maximum Gasteiger partial charge on any atom is 0.293 e. The van der Waals surface area contributed by atoms with Crippen molar-refractivity contribution >= 4 is 98.6 Å². The Labute approximate surface area is 658 Å². The van der Waals surface area contributed by atoms with Gasteiger partial charge in [0.1, 0.15) is 18.1 Å². The minimum absolute atomic E-state index is 0.00998. The Morgan fingerprint density at radius 2 is 1.14 bits per heavy atom. The van der Waals surface area contributed by atoms with E-state index < -0.39 is 11.6 Å². The van der Waals surface area contributed by atoms with Crippen molar-refractivity contribution in [2.75, 3.05) is 90.9 Å². The van der Waals surface area contributed by atoms with E-state index >= 15 is 0 Å². The van der Waals surface area contributed by atoms with Gasteiger partial charge < -0.3 is 66.2 Å². The van der Waals surface area contributed by atoms with Crippen molar-refractivity contribution in [3.63, 3.8) is 0 Å². The molecule has 12 rings (SSSR count). The lowest BCUT2D eigenvalue weighted by atomic mass is 9.86. The molecule has 1 aliphatic rings. The number of aryl methyl sites for hydroxylation is 1. The molecule has 26 nitrogen and oxygen atoms in total. The van der Waals surface area contributed by atoms with Crippen LogP contribution in [0.3, 0.4) is 0 Å². The second-order valence-electron chi connectivity index (χ2n) is 26.4. The molecule has 28 heteroatoms. The van der Waals surface area contributed by atoms with Crippen molar-refractivity contribution in [2.45, 2.75) is 52.9 Å². The summed E-state index contributed by atoms with van der Waals surface area (Å²) in [5, 5.41) is 30.2. The monoisotopic (exact) mass is 1540 g/mol. The molecule has 0 atom stereocenters. The standard InChI is InChI=1S/C35H38N4O4.C27H24FN7O2.C22H22FN5O3.C2H3N/c1-23-26(21-31(40)24-9-13-27(14-10-24)35(2,3)4)7-6-8-29(23)30-22-38(5)34(42)32(37-30)36-28-15-11-25(12-16-28)33(41)39-17-19-43-20-18-39;1-3-24(36)32-20-5-4-6-21(15-20)33-25-22(28)16-31-27(35-25)34-19-9-7-17(8-10-19)13-18-11-12-30-23(14-18)26(37)29-2;1-3-20(29)25-16-5-4-6-17(13-16)26-21-19(23)14-24-22(28-21)27-15-7-9-18(10-8-15)31-12-11-30-2;1-2-3/h6-16,22H,17-21H2,1-5H3,(H,36,37);3-12,14-16H,1,13H2,2H3,(H,29,37)(H,32,36)(H2,31,33,34,35);3-10,13-14H,1,11-12H2,2H3,(H,25,29)(H2,24,26,27,28);1H3. The molecular weight excluding hydrogens is 1450 g/mol. The molecule has 0 unspecified atom stereocenters. The SMILES string of the molecule is C=CC(=O)Nc1cccc(Nc2nc(Nc3ccc(Cc4ccnc(C(=O)NC)c4)cc3)ncc2F)c1.C=CC(=O)Nc1cccc(Nc2nc(Nc3ccc(OCCOC)cc3)ncc2F)c1.CC#N.Cc1c(CC(=O)c2ccc(C(C)(C)C)cc2)cccc1-c1cn(C)c(=O)c(Nc2ccc(C(=O)N3CCOCC3)cc2)n1. The summed E-state index contributed by atoms with van der Waals surface area (Å²) in [6, 6.07) is 54.5. The van der Waals surface area contributed by atoms with Gasteiger partial charge in [0, 0.05) is 117 Å². The van der Waals surface area contributed by atoms with Gasteiger partial charge in [-0.15, -0.1) is 0 Å². The fourth-order valence-electron chi connectivity index (χ4n) is 11.1. The van der Waals surface area contributed by atoms with E-state index in [9.17, 15) is 37.5 Å². The maximum atomic E-state index is 14.4. The largest absolute Gasteiger partial charge is 0.491 e. The number of Topliss-reactive ketones (excluding diaryl/α,β-unsaturated/α-hetero) is 1. The lowest BCUT2D eigenvalue weighted by Crippen LogP contribution is -2.40. The molecule has 0 aliphatic carbocycles. The highest BCUT2D eigenvalue weighted by molar-refractivity contribution is 6.00. The molecule has 1 fully saturated rings. The fourth-order valence-corrected chi connectivity index (χ4v) is 11.1. The number of pyridine rings is 1. The number of methoxy groups -OCH3 is 1. The van der Waals surface area contributed by atoms with Gasteiger partial charge in [0.2, 0.25) is 23.7 Å². The number of halogens is 2. The number of carbonyl (C=O) groups is 5. The van der Waals surface area contributed by atoms with Gasteiger partial charge in [0.05, 0.1) is 44.0 Å². The van der Waals surface area contributed by atoms with E-state index in [1.165, 1.54) is 23.1 Å². The number of nitriles is 1. The van der Waals surface area contributed by atoms with Gasteiger partial charge in [-0.2, -0.15) is 15.2 Å². The van der Waals surface area contributed by atoms with Crippen molar-refractivity contribution in [2.24, 2.45) is 7.05 Å². The zero-order chi connectivity index (χ0) is 81.7. The summed E-state index contributed by atoms with van der Waals surface area (Å²) in [6.45, 7) is 19.9. The second kappa shape index (κ2) is 41.0. The Kier molecular flexibility index (Phi) is 30.2. The first-order valence-electron chi connectivity index (χ1n) is 36.0. The highest BCUT2D eigenvalue weighted by Crippen LogP contribution is 2.30. The van der Waals surface area contributed by atoms with Crippen LogP contribution in [0.5, 0.6) is 5.75 Å². The molecule has 584 valence electrons. The smallest absolute Gasteiger partial charge is 0.293 e. The number of nitrogens with one attached hydrogen (secondary N) is 8. The maximum absolute atomic E-state index is 14.4. The van der Waals surface area contributed by atoms with E-state index in [-0.39, 0.29) is 76.2 Å². The number of aromatic nitrogens is 7. The zero-order valence-electron chi connectivity index (χ0n) is 64.2. The van der Waals surface area contributed by atoms with Crippen LogP contribution in [-0.2, 0) is 44.4 Å². The molecular formula is C86H87F2N17O9. The first-order valence-corrected chi connectivity index (χ1v) is 36.0. The molecule has 4 aromatic heterocycles. The molecule has 0 saturated carbocycles. The third-order valence-electron chi connectivity index (χ3n) is 17.1. The Balaban J connectivity index is 0.000000195. The number of anilines is 12. The normalized spacial score (nSPS) is 11.3.